The lowest BCUT2D eigenvalue weighted by atomic mass is 10.1. The minimum atomic E-state index is -0.565. The molecule has 1 atom stereocenters. The van der Waals surface area contributed by atoms with Crippen LogP contribution in [0.25, 0.3) is 0 Å². The predicted octanol–water partition coefficient (Wildman–Crippen LogP) is 4.74. The molecule has 9 heteroatoms. The fraction of sp³-hybridized carbons (Fsp3) is 0.320. The first-order valence-corrected chi connectivity index (χ1v) is 12.2. The number of ether oxygens (including phenoxy) is 1. The number of carbonyl (C=O) groups is 2. The number of nitrogens with zero attached hydrogens (tertiary/aromatic N) is 1. The van der Waals surface area contributed by atoms with Crippen molar-refractivity contribution in [2.24, 2.45) is 10.9 Å². The monoisotopic (exact) mass is 503 g/mol. The van der Waals surface area contributed by atoms with Gasteiger partial charge in [-0.15, -0.1) is 9.24 Å². The molecule has 0 radical (unpaired) electrons. The van der Waals surface area contributed by atoms with E-state index in [2.05, 4.69) is 31.4 Å². The van der Waals surface area contributed by atoms with Crippen LogP contribution < -0.4 is 15.9 Å². The molecule has 2 aromatic carbocycles. The lowest BCUT2D eigenvalue weighted by molar-refractivity contribution is -0.108. The summed E-state index contributed by atoms with van der Waals surface area (Å²) in [7, 11) is 4.11. The lowest BCUT2D eigenvalue weighted by Crippen LogP contribution is -2.24. The van der Waals surface area contributed by atoms with E-state index in [1.165, 1.54) is 30.7 Å². The molecule has 0 bridgehead atoms. The van der Waals surface area contributed by atoms with E-state index >= 15 is 0 Å². The number of nitrogens with one attached hydrogen (secondary N) is 2. The normalized spacial score (nSPS) is 12.8. The number of hydrogen-bond acceptors (Lipinski definition) is 5. The number of amides is 2. The number of alkyl carbamates (subject to hydrolysis) is 1. The van der Waals surface area contributed by atoms with Gasteiger partial charge < -0.3 is 15.4 Å². The molecule has 6 nitrogen and oxygen atoms in total. The van der Waals surface area contributed by atoms with Crippen LogP contribution >= 0.6 is 21.0 Å². The van der Waals surface area contributed by atoms with Crippen molar-refractivity contribution < 1.29 is 18.7 Å². The average Bonchev–Trinajstić information content (AvgIpc) is 3.64. The first kappa shape index (κ1) is 27.5. The smallest absolute Gasteiger partial charge is 0.407 e. The zero-order valence-electron chi connectivity index (χ0n) is 19.7. The number of aryl methyl sites for hydroxylation is 2. The maximum absolute atomic E-state index is 13.8. The number of amidine groups is 1. The molecule has 1 fully saturated rings. The molecule has 0 saturated heterocycles. The summed E-state index contributed by atoms with van der Waals surface area (Å²) in [6.07, 6.45) is 2.52. The van der Waals surface area contributed by atoms with Crippen LogP contribution in [0.4, 0.5) is 9.18 Å². The van der Waals surface area contributed by atoms with E-state index in [4.69, 9.17) is 4.74 Å². The summed E-state index contributed by atoms with van der Waals surface area (Å²) < 4.78 is 18.9. The maximum atomic E-state index is 13.8. The number of aliphatic imine (C=N–C) groups is 1. The Kier molecular flexibility index (Phi) is 11.2. The molecular weight excluding hydrogens is 472 g/mol. The van der Waals surface area contributed by atoms with Gasteiger partial charge in [0.2, 0.25) is 6.41 Å². The Morgan fingerprint density at radius 1 is 1.26 bits per heavy atom. The van der Waals surface area contributed by atoms with Gasteiger partial charge in [-0.2, -0.15) is 0 Å². The zero-order chi connectivity index (χ0) is 25.1. The summed E-state index contributed by atoms with van der Waals surface area (Å²) in [5, 5.41) is 6.49. The third-order valence-corrected chi connectivity index (χ3v) is 6.53. The second-order valence-electron chi connectivity index (χ2n) is 7.86. The fourth-order valence-electron chi connectivity index (χ4n) is 2.82. The second-order valence-corrected chi connectivity index (χ2v) is 9.60. The van der Waals surface area contributed by atoms with Gasteiger partial charge in [-0.3, -0.25) is 9.79 Å². The van der Waals surface area contributed by atoms with Crippen molar-refractivity contribution in [2.75, 3.05) is 7.05 Å². The SMILES string of the molecule is C=C(SC(=NC)NC=O)C1CC1.Cc1ccc(CNC(=O)OCc2c(F)cc(C)cc2P)cc1. The number of benzene rings is 2. The fourth-order valence-corrected chi connectivity index (χ4v) is 4.16. The van der Waals surface area contributed by atoms with Gasteiger partial charge in [0, 0.05) is 19.2 Å². The van der Waals surface area contributed by atoms with Crippen molar-refractivity contribution in [3.63, 3.8) is 0 Å². The van der Waals surface area contributed by atoms with Crippen LogP contribution in [-0.2, 0) is 22.7 Å². The molecule has 3 rings (SSSR count). The molecule has 0 heterocycles. The van der Waals surface area contributed by atoms with Crippen LogP contribution in [0, 0.1) is 25.6 Å². The molecule has 2 amide bonds. The Morgan fingerprint density at radius 3 is 2.50 bits per heavy atom. The minimum absolute atomic E-state index is 0.0926. The molecule has 0 aliphatic heterocycles. The molecule has 0 spiro atoms. The van der Waals surface area contributed by atoms with E-state index in [1.54, 1.807) is 7.05 Å². The van der Waals surface area contributed by atoms with E-state index in [0.717, 1.165) is 21.6 Å². The lowest BCUT2D eigenvalue weighted by Gasteiger charge is -2.10. The molecule has 1 aliphatic rings. The third-order valence-electron chi connectivity index (χ3n) is 4.93. The quantitative estimate of drug-likeness (QED) is 0.248. The summed E-state index contributed by atoms with van der Waals surface area (Å²) >= 11 is 1.45. The van der Waals surface area contributed by atoms with Crippen LogP contribution in [0.15, 0.2) is 52.9 Å². The van der Waals surface area contributed by atoms with Crippen molar-refractivity contribution in [1.29, 1.82) is 0 Å². The minimum Gasteiger partial charge on any atom is -0.445 e. The number of halogens is 1. The van der Waals surface area contributed by atoms with Gasteiger partial charge in [0.15, 0.2) is 5.17 Å². The van der Waals surface area contributed by atoms with E-state index in [0.29, 0.717) is 34.9 Å². The van der Waals surface area contributed by atoms with Crippen LogP contribution in [0.2, 0.25) is 0 Å². The maximum Gasteiger partial charge on any atom is 0.407 e. The summed E-state index contributed by atoms with van der Waals surface area (Å²) in [5.74, 6) is 0.275. The van der Waals surface area contributed by atoms with E-state index in [-0.39, 0.29) is 12.4 Å². The average molecular weight is 504 g/mol. The van der Waals surface area contributed by atoms with Gasteiger partial charge in [0.1, 0.15) is 12.4 Å². The van der Waals surface area contributed by atoms with Crippen LogP contribution in [0.1, 0.15) is 35.1 Å². The number of carbonyl (C=O) groups excluding carboxylic acids is 2. The van der Waals surface area contributed by atoms with Gasteiger partial charge in [0.25, 0.3) is 0 Å². The second kappa shape index (κ2) is 13.9. The van der Waals surface area contributed by atoms with E-state index < -0.39 is 6.09 Å². The Balaban J connectivity index is 0.000000287. The van der Waals surface area contributed by atoms with E-state index in [1.807, 2.05) is 44.2 Å². The molecule has 2 aromatic rings. The number of thioether (sulfide) groups is 1. The summed E-state index contributed by atoms with van der Waals surface area (Å²) in [5.41, 5.74) is 3.35. The highest BCUT2D eigenvalue weighted by Crippen LogP contribution is 2.41. The number of hydrogen-bond donors (Lipinski definition) is 2. The van der Waals surface area contributed by atoms with Crippen LogP contribution in [0.3, 0.4) is 0 Å². The summed E-state index contributed by atoms with van der Waals surface area (Å²) in [4.78, 5) is 26.8. The molecule has 0 aromatic heterocycles. The van der Waals surface area contributed by atoms with Crippen molar-refractivity contribution in [3.05, 3.63) is 76.0 Å². The Morgan fingerprint density at radius 2 is 1.94 bits per heavy atom. The van der Waals surface area contributed by atoms with Gasteiger partial charge in [-0.25, -0.2) is 9.18 Å². The third kappa shape index (κ3) is 9.65. The highest BCUT2D eigenvalue weighted by molar-refractivity contribution is 8.17. The highest BCUT2D eigenvalue weighted by atomic mass is 32.2. The van der Waals surface area contributed by atoms with Crippen molar-refractivity contribution in [3.8, 4) is 0 Å². The van der Waals surface area contributed by atoms with Gasteiger partial charge >= 0.3 is 6.09 Å². The molecule has 182 valence electrons. The molecular formula is C25H31FN3O3PS. The van der Waals surface area contributed by atoms with Gasteiger partial charge in [0.05, 0.1) is 0 Å². The van der Waals surface area contributed by atoms with Crippen molar-refractivity contribution in [1.82, 2.24) is 10.6 Å². The van der Waals surface area contributed by atoms with Crippen molar-refractivity contribution in [2.45, 2.75) is 39.8 Å². The molecule has 1 unspecified atom stereocenters. The Labute approximate surface area is 207 Å². The molecule has 1 saturated carbocycles. The summed E-state index contributed by atoms with van der Waals surface area (Å²) in [6.45, 7) is 8.02. The van der Waals surface area contributed by atoms with Crippen LogP contribution in [-0.4, -0.2) is 24.7 Å². The Hall–Kier alpha value is -2.70. The molecule has 1 aliphatic carbocycles. The van der Waals surface area contributed by atoms with Crippen molar-refractivity contribution >= 4 is 44.0 Å². The largest absolute Gasteiger partial charge is 0.445 e. The van der Waals surface area contributed by atoms with E-state index in [9.17, 15) is 14.0 Å². The molecule has 34 heavy (non-hydrogen) atoms. The summed E-state index contributed by atoms with van der Waals surface area (Å²) in [6, 6.07) is 11.1. The predicted molar refractivity (Wildman–Crippen MR) is 141 cm³/mol. The van der Waals surface area contributed by atoms with Gasteiger partial charge in [-0.05, 0) is 60.0 Å². The highest BCUT2D eigenvalue weighted by Gasteiger charge is 2.25. The number of allylic oxidation sites excluding steroid dienone is 1. The first-order valence-electron chi connectivity index (χ1n) is 10.8. The standard InChI is InChI=1S/C17H19FNO2P.C8H12N2OS/c1-11-3-5-13(6-4-11)9-19-17(20)21-10-14-15(18)7-12(2)8-16(14)22;1-6(7-3-4-7)12-8(9-2)10-5-11/h3-8H,9-10,22H2,1-2H3,(H,19,20);5,7H,1,3-4H2,2H3,(H,9,10,11). The topological polar surface area (TPSA) is 79.8 Å². The van der Waals surface area contributed by atoms with Crippen LogP contribution in [0.5, 0.6) is 0 Å². The Bertz CT molecular complexity index is 1020. The number of rotatable bonds is 7. The first-order chi connectivity index (χ1) is 16.2. The molecule has 2 N–H and O–H groups in total. The zero-order valence-corrected chi connectivity index (χ0v) is 21.7. The van der Waals surface area contributed by atoms with Gasteiger partial charge in [-0.1, -0.05) is 54.2 Å².